The molecule has 0 aromatic rings. The molecule has 118 valence electrons. The van der Waals surface area contributed by atoms with E-state index in [-0.39, 0.29) is 36.8 Å². The van der Waals surface area contributed by atoms with Crippen LogP contribution in [0.1, 0.15) is 20.3 Å². The summed E-state index contributed by atoms with van der Waals surface area (Å²) in [7, 11) is -0.969. The number of carbonyl (C=O) groups excluding carboxylic acids is 1. The highest BCUT2D eigenvalue weighted by molar-refractivity contribution is 7.57. The summed E-state index contributed by atoms with van der Waals surface area (Å²) in [6, 6.07) is 0. The molecule has 6 nitrogen and oxygen atoms in total. The van der Waals surface area contributed by atoms with E-state index in [2.05, 4.69) is 0 Å². The second-order valence-electron chi connectivity index (χ2n) is 5.42. The van der Waals surface area contributed by atoms with Crippen LogP contribution in [0.4, 0.5) is 0 Å². The molecule has 0 N–H and O–H groups in total. The van der Waals surface area contributed by atoms with Crippen LogP contribution < -0.4 is 0 Å². The molecule has 4 unspecified atom stereocenters. The van der Waals surface area contributed by atoms with Crippen molar-refractivity contribution in [1.82, 2.24) is 0 Å². The summed E-state index contributed by atoms with van der Waals surface area (Å²) in [5.74, 6) is 0.0864. The molecular formula is C13H25O6P. The second-order valence-corrected chi connectivity index (χ2v) is 8.18. The molecule has 0 bridgehead atoms. The fourth-order valence-electron chi connectivity index (χ4n) is 2.15. The van der Waals surface area contributed by atoms with Crippen LogP contribution in [0.25, 0.3) is 0 Å². The highest BCUT2D eigenvalue weighted by atomic mass is 31.2. The average Bonchev–Trinajstić information content (AvgIpc) is 2.62. The summed E-state index contributed by atoms with van der Waals surface area (Å²) in [4.78, 5) is 10.9. The maximum atomic E-state index is 11.6. The number of ketones is 1. The highest BCUT2D eigenvalue weighted by Crippen LogP contribution is 2.38. The highest BCUT2D eigenvalue weighted by Gasteiger charge is 2.44. The summed E-state index contributed by atoms with van der Waals surface area (Å²) >= 11 is 0. The number of Topliss-reactive ketones (excluding diaryl/α,β-unsaturated/α-hetero) is 1. The third kappa shape index (κ3) is 5.62. The van der Waals surface area contributed by atoms with Crippen LogP contribution in [0.3, 0.4) is 0 Å². The minimum absolute atomic E-state index is 0.0864. The molecule has 1 aliphatic rings. The van der Waals surface area contributed by atoms with E-state index in [1.54, 1.807) is 20.4 Å². The lowest BCUT2D eigenvalue weighted by Crippen LogP contribution is -2.38. The van der Waals surface area contributed by atoms with Crippen molar-refractivity contribution >= 4 is 13.2 Å². The molecule has 0 radical (unpaired) electrons. The Morgan fingerprint density at radius 2 is 1.95 bits per heavy atom. The van der Waals surface area contributed by atoms with Gasteiger partial charge in [-0.3, -0.25) is 9.36 Å². The van der Waals surface area contributed by atoms with Gasteiger partial charge in [0, 0.05) is 26.9 Å². The lowest BCUT2D eigenvalue weighted by Gasteiger charge is -2.22. The van der Waals surface area contributed by atoms with Gasteiger partial charge >= 0.3 is 0 Å². The van der Waals surface area contributed by atoms with Crippen LogP contribution in [0.2, 0.25) is 0 Å². The van der Waals surface area contributed by atoms with Crippen LogP contribution in [0.15, 0.2) is 0 Å². The number of hydrogen-bond acceptors (Lipinski definition) is 6. The van der Waals surface area contributed by atoms with Crippen molar-refractivity contribution in [3.05, 3.63) is 0 Å². The smallest absolute Gasteiger partial charge is 0.197 e. The molecule has 20 heavy (non-hydrogen) atoms. The van der Waals surface area contributed by atoms with Gasteiger partial charge < -0.3 is 18.7 Å². The molecule has 0 amide bonds. The number of carbonyl (C=O) groups is 1. The van der Waals surface area contributed by atoms with Gasteiger partial charge in [0.1, 0.15) is 24.1 Å². The molecular weight excluding hydrogens is 283 g/mol. The van der Waals surface area contributed by atoms with E-state index in [1.165, 1.54) is 6.92 Å². The molecule has 0 saturated carbocycles. The van der Waals surface area contributed by atoms with Crippen LogP contribution in [0, 0.1) is 0 Å². The van der Waals surface area contributed by atoms with Crippen LogP contribution in [-0.4, -0.2) is 63.9 Å². The van der Waals surface area contributed by atoms with Crippen LogP contribution in [0.5, 0.6) is 0 Å². The SMILES string of the molecule is COC1C(COP(C)(C)=O)OC(C)C1OCCC(C)=O. The van der Waals surface area contributed by atoms with E-state index >= 15 is 0 Å². The Balaban J connectivity index is 2.54. The molecule has 1 fully saturated rings. The van der Waals surface area contributed by atoms with Crippen molar-refractivity contribution in [3.8, 4) is 0 Å². The van der Waals surface area contributed by atoms with E-state index in [9.17, 15) is 9.36 Å². The first kappa shape index (κ1) is 17.8. The van der Waals surface area contributed by atoms with E-state index in [1.807, 2.05) is 6.92 Å². The molecule has 7 heteroatoms. The van der Waals surface area contributed by atoms with Gasteiger partial charge in [-0.2, -0.15) is 0 Å². The number of methoxy groups -OCH3 is 1. The molecule has 0 aromatic heterocycles. The van der Waals surface area contributed by atoms with Gasteiger partial charge in [-0.25, -0.2) is 0 Å². The standard InChI is InChI=1S/C13H25O6P/c1-9(14)6-7-17-12-10(2)19-11(13(12)16-3)8-18-20(4,5)15/h10-13H,6-8H2,1-5H3. The largest absolute Gasteiger partial charge is 0.376 e. The Labute approximate surface area is 120 Å². The third-order valence-corrected chi connectivity index (χ3v) is 3.90. The summed E-state index contributed by atoms with van der Waals surface area (Å²) in [6.45, 7) is 7.10. The van der Waals surface area contributed by atoms with Crippen molar-refractivity contribution in [2.45, 2.75) is 44.7 Å². The number of ether oxygens (including phenoxy) is 3. The molecule has 0 aliphatic carbocycles. The van der Waals surface area contributed by atoms with Crippen LogP contribution >= 0.6 is 7.37 Å². The maximum absolute atomic E-state index is 11.6. The summed E-state index contributed by atoms with van der Waals surface area (Å²) in [5, 5.41) is 0. The lowest BCUT2D eigenvalue weighted by molar-refractivity contribution is -0.119. The molecule has 0 spiro atoms. The monoisotopic (exact) mass is 308 g/mol. The van der Waals surface area contributed by atoms with Gasteiger partial charge in [0.15, 0.2) is 7.37 Å². The fraction of sp³-hybridized carbons (Fsp3) is 0.923. The summed E-state index contributed by atoms with van der Waals surface area (Å²) in [6.07, 6.45) is -0.636. The van der Waals surface area contributed by atoms with E-state index in [0.717, 1.165) is 0 Å². The fourth-order valence-corrected chi connectivity index (χ4v) is 2.66. The first-order valence-corrected chi connectivity index (χ1v) is 9.25. The van der Waals surface area contributed by atoms with Gasteiger partial charge in [0.25, 0.3) is 0 Å². The van der Waals surface area contributed by atoms with Crippen molar-refractivity contribution in [2.75, 3.05) is 33.7 Å². The number of hydrogen-bond donors (Lipinski definition) is 0. The minimum Gasteiger partial charge on any atom is -0.376 e. The van der Waals surface area contributed by atoms with E-state index in [0.29, 0.717) is 13.0 Å². The first-order valence-electron chi connectivity index (χ1n) is 6.73. The zero-order valence-electron chi connectivity index (χ0n) is 12.8. The van der Waals surface area contributed by atoms with E-state index < -0.39 is 7.37 Å². The predicted octanol–water partition coefficient (Wildman–Crippen LogP) is 1.71. The lowest BCUT2D eigenvalue weighted by atomic mass is 10.1. The minimum atomic E-state index is -2.55. The van der Waals surface area contributed by atoms with Gasteiger partial charge in [-0.1, -0.05) is 0 Å². The van der Waals surface area contributed by atoms with E-state index in [4.69, 9.17) is 18.7 Å². The predicted molar refractivity (Wildman–Crippen MR) is 75.6 cm³/mol. The second kappa shape index (κ2) is 7.66. The molecule has 1 saturated heterocycles. The van der Waals surface area contributed by atoms with Crippen molar-refractivity contribution in [1.29, 1.82) is 0 Å². The van der Waals surface area contributed by atoms with Gasteiger partial charge in [-0.05, 0) is 13.8 Å². The number of rotatable bonds is 8. The van der Waals surface area contributed by atoms with Crippen molar-refractivity contribution in [2.24, 2.45) is 0 Å². The Kier molecular flexibility index (Phi) is 6.82. The maximum Gasteiger partial charge on any atom is 0.197 e. The van der Waals surface area contributed by atoms with Crippen molar-refractivity contribution in [3.63, 3.8) is 0 Å². The normalized spacial score (nSPS) is 30.6. The molecule has 4 atom stereocenters. The van der Waals surface area contributed by atoms with Crippen molar-refractivity contribution < 1.29 is 28.1 Å². The zero-order valence-corrected chi connectivity index (χ0v) is 13.7. The molecule has 1 heterocycles. The van der Waals surface area contributed by atoms with Gasteiger partial charge in [0.2, 0.25) is 0 Å². The first-order chi connectivity index (χ1) is 9.24. The summed E-state index contributed by atoms with van der Waals surface area (Å²) in [5.41, 5.74) is 0. The average molecular weight is 308 g/mol. The van der Waals surface area contributed by atoms with Gasteiger partial charge in [0.05, 0.1) is 19.3 Å². The molecule has 1 rings (SSSR count). The Hall–Kier alpha value is -0.260. The zero-order chi connectivity index (χ0) is 15.3. The third-order valence-electron chi connectivity index (χ3n) is 3.13. The molecule has 0 aromatic carbocycles. The topological polar surface area (TPSA) is 71.1 Å². The van der Waals surface area contributed by atoms with Crippen LogP contribution in [-0.2, 0) is 28.1 Å². The van der Waals surface area contributed by atoms with Gasteiger partial charge in [-0.15, -0.1) is 0 Å². The Morgan fingerprint density at radius 3 is 2.45 bits per heavy atom. The molecule has 1 aliphatic heterocycles. The Morgan fingerprint density at radius 1 is 1.30 bits per heavy atom. The summed E-state index contributed by atoms with van der Waals surface area (Å²) < 4.78 is 33.8. The Bertz CT molecular complexity index is 366. The quantitative estimate of drug-likeness (QED) is 0.636.